The van der Waals surface area contributed by atoms with Gasteiger partial charge in [-0.25, -0.2) is 4.98 Å². The molecule has 122 valence electrons. The van der Waals surface area contributed by atoms with E-state index in [1.54, 1.807) is 0 Å². The van der Waals surface area contributed by atoms with Crippen LogP contribution >= 0.6 is 0 Å². The van der Waals surface area contributed by atoms with E-state index < -0.39 is 0 Å². The summed E-state index contributed by atoms with van der Waals surface area (Å²) < 4.78 is 2.08. The number of H-pyrrole nitrogens is 1. The van der Waals surface area contributed by atoms with Crippen molar-refractivity contribution in [2.24, 2.45) is 7.05 Å². The van der Waals surface area contributed by atoms with Crippen molar-refractivity contribution in [3.05, 3.63) is 35.5 Å². The lowest BCUT2D eigenvalue weighted by molar-refractivity contribution is 0.467. The molecule has 1 unspecified atom stereocenters. The summed E-state index contributed by atoms with van der Waals surface area (Å²) in [5.41, 5.74) is 4.82. The monoisotopic (exact) mass is 311 g/mol. The molecule has 2 heterocycles. The molecule has 0 saturated heterocycles. The average Bonchev–Trinajstić information content (AvgIpc) is 3.10. The van der Waals surface area contributed by atoms with E-state index in [4.69, 9.17) is 0 Å². The summed E-state index contributed by atoms with van der Waals surface area (Å²) >= 11 is 0. The molecule has 4 heteroatoms. The molecular formula is C19H25N3O. The highest BCUT2D eigenvalue weighted by atomic mass is 16.3. The Morgan fingerprint density at radius 3 is 2.61 bits per heavy atom. The summed E-state index contributed by atoms with van der Waals surface area (Å²) in [7, 11) is 2.03. The molecule has 0 amide bonds. The first-order valence-corrected chi connectivity index (χ1v) is 8.30. The topological polar surface area (TPSA) is 53.8 Å². The Hall–Kier alpha value is -2.23. The number of nitrogens with zero attached hydrogens (tertiary/aromatic N) is 2. The highest BCUT2D eigenvalue weighted by Crippen LogP contribution is 2.35. The van der Waals surface area contributed by atoms with Crippen LogP contribution in [0.4, 0.5) is 0 Å². The van der Waals surface area contributed by atoms with E-state index in [-0.39, 0.29) is 0 Å². The van der Waals surface area contributed by atoms with Gasteiger partial charge in [-0.1, -0.05) is 33.8 Å². The Balaban J connectivity index is 2.12. The first-order chi connectivity index (χ1) is 10.9. The number of hydrogen-bond donors (Lipinski definition) is 2. The Kier molecular flexibility index (Phi) is 3.92. The van der Waals surface area contributed by atoms with Crippen molar-refractivity contribution in [1.29, 1.82) is 0 Å². The number of hydrogen-bond acceptors (Lipinski definition) is 2. The molecule has 2 aromatic heterocycles. The molecule has 0 aliphatic rings. The number of nitrogens with one attached hydrogen (secondary N) is 1. The van der Waals surface area contributed by atoms with Crippen molar-refractivity contribution < 1.29 is 5.11 Å². The van der Waals surface area contributed by atoms with Gasteiger partial charge >= 0.3 is 0 Å². The van der Waals surface area contributed by atoms with Gasteiger partial charge < -0.3 is 14.7 Å². The van der Waals surface area contributed by atoms with Gasteiger partial charge in [0.05, 0.1) is 11.2 Å². The number of aryl methyl sites for hydroxylation is 1. The minimum absolute atomic E-state index is 0.303. The van der Waals surface area contributed by atoms with Gasteiger partial charge in [0.2, 0.25) is 0 Å². The normalized spacial score (nSPS) is 13.1. The number of aromatic amines is 1. The maximum Gasteiger partial charge on any atom is 0.155 e. The van der Waals surface area contributed by atoms with Crippen LogP contribution in [-0.4, -0.2) is 19.6 Å². The highest BCUT2D eigenvalue weighted by Gasteiger charge is 2.17. The third-order valence-corrected chi connectivity index (χ3v) is 4.74. The number of benzene rings is 1. The minimum Gasteiger partial charge on any atom is -0.505 e. The van der Waals surface area contributed by atoms with Gasteiger partial charge in [0.25, 0.3) is 0 Å². The zero-order valence-electron chi connectivity index (χ0n) is 14.5. The maximum atomic E-state index is 10.6. The molecule has 0 fully saturated rings. The molecular weight excluding hydrogens is 286 g/mol. The quantitative estimate of drug-likeness (QED) is 0.719. The summed E-state index contributed by atoms with van der Waals surface area (Å²) in [5.74, 6) is 1.90. The molecule has 1 atom stereocenters. The molecule has 0 radical (unpaired) electrons. The van der Waals surface area contributed by atoms with Gasteiger partial charge in [-0.05, 0) is 41.5 Å². The van der Waals surface area contributed by atoms with E-state index in [0.29, 0.717) is 23.1 Å². The predicted octanol–water partition coefficient (Wildman–Crippen LogP) is 4.91. The molecule has 3 rings (SSSR count). The Labute approximate surface area is 137 Å². The summed E-state index contributed by atoms with van der Waals surface area (Å²) in [6.07, 6.45) is 3.13. The second-order valence-electron chi connectivity index (χ2n) is 6.72. The third-order valence-electron chi connectivity index (χ3n) is 4.74. The predicted molar refractivity (Wildman–Crippen MR) is 95.0 cm³/mol. The van der Waals surface area contributed by atoms with Crippen LogP contribution < -0.4 is 0 Å². The van der Waals surface area contributed by atoms with Crippen LogP contribution in [0, 0.1) is 0 Å². The van der Waals surface area contributed by atoms with Crippen molar-refractivity contribution >= 4 is 11.0 Å². The zero-order chi connectivity index (χ0) is 16.7. The first-order valence-electron chi connectivity index (χ1n) is 8.30. The number of fused-ring (bicyclic) bond motifs is 1. The fourth-order valence-corrected chi connectivity index (χ4v) is 2.96. The largest absolute Gasteiger partial charge is 0.505 e. The second-order valence-corrected chi connectivity index (χ2v) is 6.72. The van der Waals surface area contributed by atoms with Crippen LogP contribution in [0.15, 0.2) is 24.4 Å². The molecule has 23 heavy (non-hydrogen) atoms. The Bertz CT molecular complexity index is 842. The van der Waals surface area contributed by atoms with E-state index in [1.165, 1.54) is 5.56 Å². The van der Waals surface area contributed by atoms with Gasteiger partial charge in [0, 0.05) is 13.2 Å². The van der Waals surface area contributed by atoms with Crippen molar-refractivity contribution in [2.45, 2.75) is 46.0 Å². The van der Waals surface area contributed by atoms with Crippen molar-refractivity contribution in [3.63, 3.8) is 0 Å². The fraction of sp³-hybridized carbons (Fsp3) is 0.421. The van der Waals surface area contributed by atoms with Gasteiger partial charge in [0.1, 0.15) is 11.3 Å². The lowest BCUT2D eigenvalue weighted by atomic mass is 9.97. The van der Waals surface area contributed by atoms with Gasteiger partial charge in [0.15, 0.2) is 5.82 Å². The number of rotatable bonds is 4. The van der Waals surface area contributed by atoms with E-state index >= 15 is 0 Å². The number of phenolic OH excluding ortho intramolecular Hbond substituents is 1. The van der Waals surface area contributed by atoms with Crippen LogP contribution in [0.3, 0.4) is 0 Å². The van der Waals surface area contributed by atoms with Crippen LogP contribution in [0.2, 0.25) is 0 Å². The van der Waals surface area contributed by atoms with Crippen LogP contribution in [0.5, 0.6) is 5.75 Å². The number of aromatic nitrogens is 3. The maximum absolute atomic E-state index is 10.6. The molecule has 0 bridgehead atoms. The zero-order valence-corrected chi connectivity index (χ0v) is 14.5. The van der Waals surface area contributed by atoms with Gasteiger partial charge in [-0.2, -0.15) is 0 Å². The van der Waals surface area contributed by atoms with E-state index in [0.717, 1.165) is 29.0 Å². The number of imidazole rings is 1. The lowest BCUT2D eigenvalue weighted by Crippen LogP contribution is -1.92. The molecule has 0 spiro atoms. The average molecular weight is 311 g/mol. The fourth-order valence-electron chi connectivity index (χ4n) is 2.96. The van der Waals surface area contributed by atoms with E-state index in [1.807, 2.05) is 19.2 Å². The van der Waals surface area contributed by atoms with Crippen LogP contribution in [-0.2, 0) is 7.05 Å². The molecule has 2 N–H and O–H groups in total. The first kappa shape index (κ1) is 15.7. The van der Waals surface area contributed by atoms with Crippen molar-refractivity contribution in [3.8, 4) is 17.3 Å². The van der Waals surface area contributed by atoms with Crippen molar-refractivity contribution in [2.75, 3.05) is 0 Å². The smallest absolute Gasteiger partial charge is 0.155 e. The van der Waals surface area contributed by atoms with Gasteiger partial charge in [-0.3, -0.25) is 0 Å². The summed E-state index contributed by atoms with van der Waals surface area (Å²) in [6.45, 7) is 8.62. The van der Waals surface area contributed by atoms with E-state index in [9.17, 15) is 5.11 Å². The second kappa shape index (κ2) is 5.76. The van der Waals surface area contributed by atoms with E-state index in [2.05, 4.69) is 54.5 Å². The van der Waals surface area contributed by atoms with Crippen LogP contribution in [0.25, 0.3) is 22.6 Å². The summed E-state index contributed by atoms with van der Waals surface area (Å²) in [6, 6.07) is 6.17. The van der Waals surface area contributed by atoms with Crippen molar-refractivity contribution in [1.82, 2.24) is 14.5 Å². The van der Waals surface area contributed by atoms with Crippen LogP contribution in [0.1, 0.15) is 57.1 Å². The molecule has 4 nitrogen and oxygen atoms in total. The molecule has 0 aliphatic heterocycles. The minimum atomic E-state index is 0.303. The lowest BCUT2D eigenvalue weighted by Gasteiger charge is -2.10. The number of aromatic hydroxyl groups is 1. The SMILES string of the molecule is CCC(C)c1ccc2[nH]c(-c3cc(C(C)C)cn3C)nc2c1O. The highest BCUT2D eigenvalue weighted by molar-refractivity contribution is 5.86. The molecule has 3 aromatic rings. The Morgan fingerprint density at radius 2 is 2.00 bits per heavy atom. The summed E-state index contributed by atoms with van der Waals surface area (Å²) in [4.78, 5) is 8.00. The van der Waals surface area contributed by atoms with Gasteiger partial charge in [-0.15, -0.1) is 0 Å². The summed E-state index contributed by atoms with van der Waals surface area (Å²) in [5, 5.41) is 10.6. The molecule has 0 saturated carbocycles. The molecule has 1 aromatic carbocycles. The Morgan fingerprint density at radius 1 is 1.26 bits per heavy atom. The number of phenols is 1. The standard InChI is InChI=1S/C19H25N3O/c1-6-12(4)14-7-8-15-17(18(14)23)21-19(20-15)16-9-13(11(2)3)10-22(16)5/h7-12,23H,6H2,1-5H3,(H,20,21). The third kappa shape index (κ3) is 2.62. The molecule has 0 aliphatic carbocycles.